The molecule has 0 amide bonds. The van der Waals surface area contributed by atoms with E-state index in [9.17, 15) is 4.79 Å². The van der Waals surface area contributed by atoms with Crippen LogP contribution in [0.1, 0.15) is 16.2 Å². The number of ketones is 1. The molecule has 186 valence electrons. The Morgan fingerprint density at radius 1 is 0.892 bits per heavy atom. The van der Waals surface area contributed by atoms with E-state index in [-0.39, 0.29) is 5.78 Å². The van der Waals surface area contributed by atoms with Gasteiger partial charge in [-0.3, -0.25) is 4.79 Å². The molecule has 0 saturated carbocycles. The lowest BCUT2D eigenvalue weighted by Gasteiger charge is -2.13. The van der Waals surface area contributed by atoms with E-state index >= 15 is 0 Å². The number of rotatable bonds is 8. The molecule has 0 N–H and O–H groups in total. The number of nitrogens with zero attached hydrogens (tertiary/aromatic N) is 4. The molecule has 0 aliphatic rings. The van der Waals surface area contributed by atoms with Crippen molar-refractivity contribution in [2.75, 3.05) is 21.3 Å². The van der Waals surface area contributed by atoms with E-state index in [0.29, 0.717) is 28.8 Å². The quantitative estimate of drug-likeness (QED) is 0.214. The number of fused-ring (bicyclic) bond motifs is 1. The number of allylic oxidation sites excluding steroid dienone is 1. The smallest absolute Gasteiger partial charge is 0.221 e. The molecular formula is C29H26N4O4. The number of hydrogen-bond donors (Lipinski definition) is 0. The molecule has 0 aliphatic carbocycles. The minimum absolute atomic E-state index is 0.206. The Labute approximate surface area is 214 Å². The van der Waals surface area contributed by atoms with E-state index in [1.165, 1.54) is 6.08 Å². The molecule has 0 atom stereocenters. The summed E-state index contributed by atoms with van der Waals surface area (Å²) in [6, 6.07) is 21.1. The third-order valence-electron chi connectivity index (χ3n) is 6.12. The fourth-order valence-corrected chi connectivity index (χ4v) is 4.27. The molecule has 8 heteroatoms. The van der Waals surface area contributed by atoms with Crippen LogP contribution in [0.3, 0.4) is 0 Å². The summed E-state index contributed by atoms with van der Waals surface area (Å²) in [5.41, 5.74) is 4.70. The number of para-hydroxylation sites is 3. The van der Waals surface area contributed by atoms with E-state index in [1.54, 1.807) is 36.7 Å². The Bertz CT molecular complexity index is 1590. The van der Waals surface area contributed by atoms with Gasteiger partial charge in [0.25, 0.3) is 0 Å². The number of hydrogen-bond acceptors (Lipinski definition) is 6. The zero-order valence-electron chi connectivity index (χ0n) is 21.0. The zero-order chi connectivity index (χ0) is 25.9. The second-order valence-corrected chi connectivity index (χ2v) is 8.31. The number of benzene rings is 3. The summed E-state index contributed by atoms with van der Waals surface area (Å²) in [4.78, 5) is 17.7. The van der Waals surface area contributed by atoms with Crippen LogP contribution in [0.5, 0.6) is 17.2 Å². The summed E-state index contributed by atoms with van der Waals surface area (Å²) >= 11 is 0. The zero-order valence-corrected chi connectivity index (χ0v) is 21.0. The minimum Gasteiger partial charge on any atom is -0.493 e. The second kappa shape index (κ2) is 10.0. The summed E-state index contributed by atoms with van der Waals surface area (Å²) in [5, 5.41) is 4.84. The highest BCUT2D eigenvalue weighted by Gasteiger charge is 2.19. The summed E-state index contributed by atoms with van der Waals surface area (Å²) in [5.74, 6) is 1.67. The van der Waals surface area contributed by atoms with Gasteiger partial charge in [-0.1, -0.05) is 30.3 Å². The largest absolute Gasteiger partial charge is 0.493 e. The Morgan fingerprint density at radius 2 is 1.57 bits per heavy atom. The van der Waals surface area contributed by atoms with Gasteiger partial charge in [0, 0.05) is 24.4 Å². The van der Waals surface area contributed by atoms with Crippen molar-refractivity contribution in [3.8, 4) is 34.2 Å². The van der Waals surface area contributed by atoms with Gasteiger partial charge in [0.2, 0.25) is 11.5 Å². The topological polar surface area (TPSA) is 80.4 Å². The lowest BCUT2D eigenvalue weighted by atomic mass is 10.1. The number of ether oxygens (including phenoxy) is 3. The molecule has 0 fully saturated rings. The maximum absolute atomic E-state index is 13.2. The highest BCUT2D eigenvalue weighted by atomic mass is 16.5. The molecule has 2 heterocycles. The van der Waals surface area contributed by atoms with Crippen LogP contribution in [0.25, 0.3) is 34.1 Å². The van der Waals surface area contributed by atoms with Crippen molar-refractivity contribution in [1.82, 2.24) is 19.3 Å². The molecule has 37 heavy (non-hydrogen) atoms. The highest BCUT2D eigenvalue weighted by molar-refractivity contribution is 6.06. The van der Waals surface area contributed by atoms with Gasteiger partial charge >= 0.3 is 0 Å². The summed E-state index contributed by atoms with van der Waals surface area (Å²) < 4.78 is 20.1. The van der Waals surface area contributed by atoms with Crippen molar-refractivity contribution in [3.05, 3.63) is 90.4 Å². The predicted octanol–water partition coefficient (Wildman–Crippen LogP) is 5.35. The van der Waals surface area contributed by atoms with Crippen LogP contribution < -0.4 is 14.2 Å². The van der Waals surface area contributed by atoms with E-state index in [2.05, 4.69) is 4.98 Å². The number of imidazole rings is 1. The van der Waals surface area contributed by atoms with Gasteiger partial charge in [-0.25, -0.2) is 9.67 Å². The molecule has 0 radical (unpaired) electrons. The van der Waals surface area contributed by atoms with Gasteiger partial charge in [-0.05, 0) is 48.6 Å². The number of carbonyl (C=O) groups is 1. The maximum atomic E-state index is 13.2. The molecular weight excluding hydrogens is 468 g/mol. The fraction of sp³-hybridized carbons (Fsp3) is 0.138. The van der Waals surface area contributed by atoms with Crippen molar-refractivity contribution >= 4 is 22.9 Å². The molecule has 5 aromatic rings. The number of aryl methyl sites for hydroxylation is 1. The van der Waals surface area contributed by atoms with Crippen molar-refractivity contribution in [2.24, 2.45) is 7.05 Å². The Hall–Kier alpha value is -4.85. The summed E-state index contributed by atoms with van der Waals surface area (Å²) in [6.07, 6.45) is 5.16. The van der Waals surface area contributed by atoms with Gasteiger partial charge in [0.05, 0.1) is 38.1 Å². The normalized spacial score (nSPS) is 11.2. The minimum atomic E-state index is -0.206. The maximum Gasteiger partial charge on any atom is 0.221 e. The predicted molar refractivity (Wildman–Crippen MR) is 143 cm³/mol. The third kappa shape index (κ3) is 4.45. The lowest BCUT2D eigenvalue weighted by Crippen LogP contribution is -2.04. The van der Waals surface area contributed by atoms with E-state index in [4.69, 9.17) is 19.3 Å². The van der Waals surface area contributed by atoms with Crippen LogP contribution in [0.2, 0.25) is 0 Å². The van der Waals surface area contributed by atoms with Gasteiger partial charge in [-0.2, -0.15) is 5.10 Å². The van der Waals surface area contributed by atoms with Gasteiger partial charge in [-0.15, -0.1) is 0 Å². The van der Waals surface area contributed by atoms with Crippen LogP contribution in [-0.4, -0.2) is 46.4 Å². The molecule has 0 spiro atoms. The van der Waals surface area contributed by atoms with Crippen molar-refractivity contribution in [3.63, 3.8) is 0 Å². The Kier molecular flexibility index (Phi) is 6.47. The van der Waals surface area contributed by atoms with Crippen LogP contribution in [0.4, 0.5) is 0 Å². The van der Waals surface area contributed by atoms with Crippen LogP contribution in [-0.2, 0) is 7.05 Å². The summed E-state index contributed by atoms with van der Waals surface area (Å²) in [6.45, 7) is 0. The number of carbonyl (C=O) groups excluding carboxylic acids is 1. The van der Waals surface area contributed by atoms with Gasteiger partial charge < -0.3 is 18.8 Å². The SMILES string of the molecule is COc1cc(-c2nn(-c3ccccc3)cc2/C=C\C(=O)c2nc3ccccc3n2C)cc(OC)c1OC. The lowest BCUT2D eigenvalue weighted by molar-refractivity contribution is 0.103. The van der Waals surface area contributed by atoms with Crippen LogP contribution in [0, 0.1) is 0 Å². The Balaban J connectivity index is 1.60. The first-order chi connectivity index (χ1) is 18.0. The molecule has 3 aromatic carbocycles. The molecule has 2 aromatic heterocycles. The van der Waals surface area contributed by atoms with Gasteiger partial charge in [0.15, 0.2) is 17.3 Å². The summed E-state index contributed by atoms with van der Waals surface area (Å²) in [7, 11) is 6.54. The molecule has 0 unspecified atom stereocenters. The van der Waals surface area contributed by atoms with Crippen LogP contribution >= 0.6 is 0 Å². The van der Waals surface area contributed by atoms with Crippen molar-refractivity contribution in [2.45, 2.75) is 0 Å². The molecule has 0 saturated heterocycles. The molecule has 0 bridgehead atoms. The van der Waals surface area contributed by atoms with E-state index in [0.717, 1.165) is 27.8 Å². The monoisotopic (exact) mass is 494 g/mol. The molecule has 0 aliphatic heterocycles. The first-order valence-electron chi connectivity index (χ1n) is 11.6. The van der Waals surface area contributed by atoms with E-state index in [1.807, 2.05) is 80.0 Å². The average Bonchev–Trinajstić information content (AvgIpc) is 3.53. The average molecular weight is 495 g/mol. The second-order valence-electron chi connectivity index (χ2n) is 8.31. The third-order valence-corrected chi connectivity index (χ3v) is 6.12. The van der Waals surface area contributed by atoms with Gasteiger partial charge in [0.1, 0.15) is 5.69 Å². The van der Waals surface area contributed by atoms with E-state index < -0.39 is 0 Å². The Morgan fingerprint density at radius 3 is 2.22 bits per heavy atom. The first kappa shape index (κ1) is 23.9. The van der Waals surface area contributed by atoms with Crippen molar-refractivity contribution in [1.29, 1.82) is 0 Å². The van der Waals surface area contributed by atoms with Crippen molar-refractivity contribution < 1.29 is 19.0 Å². The first-order valence-corrected chi connectivity index (χ1v) is 11.6. The number of methoxy groups -OCH3 is 3. The fourth-order valence-electron chi connectivity index (χ4n) is 4.27. The standard InChI is InChI=1S/C29H26N4O4/c1-32-23-13-9-8-12-22(23)30-29(32)24(34)15-14-19-18-33(21-10-6-5-7-11-21)31-27(19)20-16-25(35-2)28(37-4)26(17-20)36-3/h5-18H,1-4H3/b15-14-. The number of aromatic nitrogens is 4. The molecule has 8 nitrogen and oxygen atoms in total. The molecule has 5 rings (SSSR count). The highest BCUT2D eigenvalue weighted by Crippen LogP contribution is 2.41. The van der Waals surface area contributed by atoms with Crippen LogP contribution in [0.15, 0.2) is 79.0 Å².